The molecule has 32 heavy (non-hydrogen) atoms. The maximum absolute atomic E-state index is 12.4. The smallest absolute Gasteiger partial charge is 0.252 e. The molecule has 1 aromatic heterocycles. The van der Waals surface area contributed by atoms with Gasteiger partial charge in [-0.25, -0.2) is 4.98 Å². The second-order valence-electron chi connectivity index (χ2n) is 8.61. The minimum Gasteiger partial charge on any atom is -0.344 e. The van der Waals surface area contributed by atoms with Gasteiger partial charge in [-0.3, -0.25) is 9.78 Å². The molecule has 4 rings (SSSR count). The second-order valence-corrected chi connectivity index (χ2v) is 8.61. The van der Waals surface area contributed by atoms with Gasteiger partial charge in [-0.05, 0) is 42.4 Å². The van der Waals surface area contributed by atoms with Crippen LogP contribution in [0.1, 0.15) is 16.8 Å². The van der Waals surface area contributed by atoms with E-state index in [1.54, 1.807) is 6.07 Å². The van der Waals surface area contributed by atoms with Crippen molar-refractivity contribution in [2.45, 2.75) is 18.9 Å². The number of H-pyrrole nitrogens is 1. The molecule has 5 nitrogen and oxygen atoms in total. The highest BCUT2D eigenvalue weighted by Gasteiger charge is 2.17. The summed E-state index contributed by atoms with van der Waals surface area (Å²) in [7, 11) is 6.17. The van der Waals surface area contributed by atoms with Gasteiger partial charge in [0.15, 0.2) is 0 Å². The van der Waals surface area contributed by atoms with E-state index in [0.29, 0.717) is 12.4 Å². The minimum absolute atomic E-state index is 0.123. The van der Waals surface area contributed by atoms with Crippen LogP contribution in [0.5, 0.6) is 0 Å². The van der Waals surface area contributed by atoms with E-state index in [2.05, 4.69) is 78.6 Å². The number of likely N-dealkylation sites (N-methyl/N-ethyl adjacent to an activating group) is 2. The van der Waals surface area contributed by atoms with Crippen LogP contribution in [0.4, 0.5) is 5.95 Å². The number of aromatic amines is 1. The van der Waals surface area contributed by atoms with E-state index in [0.717, 1.165) is 24.2 Å². The summed E-state index contributed by atoms with van der Waals surface area (Å²) in [5.41, 5.74) is 3.09. The summed E-state index contributed by atoms with van der Waals surface area (Å²) in [6.45, 7) is 0.754. The Morgan fingerprint density at radius 3 is 2.31 bits per heavy atom. The third-order valence-electron chi connectivity index (χ3n) is 5.87. The van der Waals surface area contributed by atoms with E-state index in [9.17, 15) is 4.79 Å². The van der Waals surface area contributed by atoms with Crippen molar-refractivity contribution in [3.8, 4) is 0 Å². The molecule has 0 unspecified atom stereocenters. The quantitative estimate of drug-likeness (QED) is 0.460. The van der Waals surface area contributed by atoms with Crippen LogP contribution in [-0.4, -0.2) is 48.6 Å². The van der Waals surface area contributed by atoms with Crippen molar-refractivity contribution in [2.75, 3.05) is 32.6 Å². The van der Waals surface area contributed by atoms with Crippen LogP contribution >= 0.6 is 0 Å². The Labute approximate surface area is 189 Å². The Morgan fingerprint density at radius 2 is 1.56 bits per heavy atom. The van der Waals surface area contributed by atoms with E-state index in [-0.39, 0.29) is 11.6 Å². The number of aromatic nitrogens is 2. The van der Waals surface area contributed by atoms with Crippen LogP contribution in [0.25, 0.3) is 10.8 Å². The summed E-state index contributed by atoms with van der Waals surface area (Å²) in [6.07, 6.45) is 1.55. The molecule has 0 aliphatic rings. The molecule has 5 heteroatoms. The number of rotatable bonds is 8. The maximum Gasteiger partial charge on any atom is 0.252 e. The zero-order valence-corrected chi connectivity index (χ0v) is 19.0. The van der Waals surface area contributed by atoms with Crippen molar-refractivity contribution in [3.63, 3.8) is 0 Å². The Kier molecular flexibility index (Phi) is 6.66. The molecule has 0 aliphatic carbocycles. The van der Waals surface area contributed by atoms with Crippen LogP contribution in [0.2, 0.25) is 0 Å². The number of hydrogen-bond donors (Lipinski definition) is 1. The van der Waals surface area contributed by atoms with E-state index < -0.39 is 0 Å². The summed E-state index contributed by atoms with van der Waals surface area (Å²) < 4.78 is 0. The van der Waals surface area contributed by atoms with Gasteiger partial charge < -0.3 is 9.80 Å². The average molecular weight is 427 g/mol. The normalized spacial score (nSPS) is 12.2. The predicted molar refractivity (Wildman–Crippen MR) is 133 cm³/mol. The highest BCUT2D eigenvalue weighted by atomic mass is 16.1. The highest BCUT2D eigenvalue weighted by Crippen LogP contribution is 2.18. The van der Waals surface area contributed by atoms with Crippen molar-refractivity contribution in [2.24, 2.45) is 0 Å². The van der Waals surface area contributed by atoms with Gasteiger partial charge in [0.25, 0.3) is 5.56 Å². The van der Waals surface area contributed by atoms with E-state index in [1.165, 1.54) is 16.3 Å². The third-order valence-corrected chi connectivity index (χ3v) is 5.87. The first-order chi connectivity index (χ1) is 15.5. The van der Waals surface area contributed by atoms with Crippen LogP contribution < -0.4 is 10.5 Å². The number of benzene rings is 3. The molecule has 1 heterocycles. The van der Waals surface area contributed by atoms with Crippen molar-refractivity contribution in [3.05, 3.63) is 106 Å². The molecule has 0 radical (unpaired) electrons. The Balaban J connectivity index is 1.52. The second kappa shape index (κ2) is 9.79. The van der Waals surface area contributed by atoms with Gasteiger partial charge in [0, 0.05) is 32.1 Å². The standard InChI is InChI=1S/C27H30N4O/c1-30(2)25(17-20-9-5-4-6-10-20)19-31(3)27-28-24(18-26(32)29-27)16-21-13-14-22-11-7-8-12-23(22)15-21/h4-15,18,25H,16-17,19H2,1-3H3,(H,28,29,32)/t25-/m1/s1. The monoisotopic (exact) mass is 426 g/mol. The van der Waals surface area contributed by atoms with Gasteiger partial charge >= 0.3 is 0 Å². The van der Waals surface area contributed by atoms with E-state index in [4.69, 9.17) is 4.98 Å². The van der Waals surface area contributed by atoms with Crippen LogP contribution in [0.15, 0.2) is 83.7 Å². The zero-order valence-electron chi connectivity index (χ0n) is 19.0. The molecular weight excluding hydrogens is 396 g/mol. The molecule has 0 aliphatic heterocycles. The summed E-state index contributed by atoms with van der Waals surface area (Å²) in [5, 5.41) is 2.41. The van der Waals surface area contributed by atoms with Gasteiger partial charge in [-0.2, -0.15) is 0 Å². The number of fused-ring (bicyclic) bond motifs is 1. The summed E-state index contributed by atoms with van der Waals surface area (Å²) in [5.74, 6) is 0.605. The summed E-state index contributed by atoms with van der Waals surface area (Å²) >= 11 is 0. The lowest BCUT2D eigenvalue weighted by Crippen LogP contribution is -2.41. The van der Waals surface area contributed by atoms with Crippen molar-refractivity contribution in [1.29, 1.82) is 0 Å². The zero-order chi connectivity index (χ0) is 22.5. The van der Waals surface area contributed by atoms with Gasteiger partial charge in [-0.15, -0.1) is 0 Å². The predicted octanol–water partition coefficient (Wildman–Crippen LogP) is 4.12. The van der Waals surface area contributed by atoms with Gasteiger partial charge in [0.2, 0.25) is 5.95 Å². The molecule has 0 saturated heterocycles. The average Bonchev–Trinajstić information content (AvgIpc) is 2.78. The van der Waals surface area contributed by atoms with Crippen LogP contribution in [0, 0.1) is 0 Å². The van der Waals surface area contributed by atoms with Gasteiger partial charge in [0.05, 0.1) is 5.69 Å². The van der Waals surface area contributed by atoms with Crippen molar-refractivity contribution in [1.82, 2.24) is 14.9 Å². The molecule has 4 aromatic rings. The molecule has 0 bridgehead atoms. The topological polar surface area (TPSA) is 52.2 Å². The molecule has 0 fully saturated rings. The molecule has 164 valence electrons. The Bertz CT molecular complexity index is 1230. The Hall–Kier alpha value is -3.44. The van der Waals surface area contributed by atoms with Crippen molar-refractivity contribution >= 4 is 16.7 Å². The highest BCUT2D eigenvalue weighted by molar-refractivity contribution is 5.83. The third kappa shape index (κ3) is 5.42. The molecule has 3 aromatic carbocycles. The molecule has 0 spiro atoms. The van der Waals surface area contributed by atoms with Crippen LogP contribution in [-0.2, 0) is 12.8 Å². The lowest BCUT2D eigenvalue weighted by Gasteiger charge is -2.29. The van der Waals surface area contributed by atoms with Crippen LogP contribution in [0.3, 0.4) is 0 Å². The maximum atomic E-state index is 12.4. The lowest BCUT2D eigenvalue weighted by atomic mass is 10.0. The SMILES string of the molecule is CN(C[C@@H](Cc1ccccc1)N(C)C)c1nc(Cc2ccc3ccccc3c2)cc(=O)[nH]1. The number of anilines is 1. The minimum atomic E-state index is -0.123. The van der Waals surface area contributed by atoms with Gasteiger partial charge in [-0.1, -0.05) is 72.8 Å². The fourth-order valence-electron chi connectivity index (χ4n) is 4.02. The molecular formula is C27H30N4O. The number of hydrogen-bond acceptors (Lipinski definition) is 4. The van der Waals surface area contributed by atoms with E-state index >= 15 is 0 Å². The summed E-state index contributed by atoms with van der Waals surface area (Å²) in [6, 6.07) is 27.1. The van der Waals surface area contributed by atoms with Crippen molar-refractivity contribution < 1.29 is 0 Å². The lowest BCUT2D eigenvalue weighted by molar-refractivity contribution is 0.294. The summed E-state index contributed by atoms with van der Waals surface area (Å²) in [4.78, 5) is 24.4. The molecule has 0 saturated carbocycles. The first kappa shape index (κ1) is 21.8. The van der Waals surface area contributed by atoms with Gasteiger partial charge in [0.1, 0.15) is 0 Å². The Morgan fingerprint density at radius 1 is 0.844 bits per heavy atom. The molecule has 1 atom stereocenters. The fourth-order valence-corrected chi connectivity index (χ4v) is 4.02. The molecule has 0 amide bonds. The number of nitrogens with zero attached hydrogens (tertiary/aromatic N) is 3. The molecule has 1 N–H and O–H groups in total. The first-order valence-corrected chi connectivity index (χ1v) is 11.0. The van der Waals surface area contributed by atoms with E-state index in [1.807, 2.05) is 30.1 Å². The first-order valence-electron chi connectivity index (χ1n) is 11.0. The number of nitrogens with one attached hydrogen (secondary N) is 1. The fraction of sp³-hybridized carbons (Fsp3) is 0.259. The largest absolute Gasteiger partial charge is 0.344 e.